The minimum Gasteiger partial charge on any atom is -0.434 e. The maximum absolute atomic E-state index is 6.55. The van der Waals surface area contributed by atoms with Gasteiger partial charge in [-0.2, -0.15) is 0 Å². The quantitative estimate of drug-likeness (QED) is 0.148. The lowest BCUT2D eigenvalue weighted by Gasteiger charge is -2.10. The molecule has 0 N–H and O–H groups in total. The summed E-state index contributed by atoms with van der Waals surface area (Å²) in [5, 5.41) is 5.62. The van der Waals surface area contributed by atoms with Crippen molar-refractivity contribution in [1.29, 1.82) is 0 Å². The fraction of sp³-hybridized carbons (Fsp3) is 0. The molecule has 63 heavy (non-hydrogen) atoms. The Morgan fingerprint density at radius 1 is 0.302 bits per heavy atom. The third-order valence-corrected chi connectivity index (χ3v) is 11.6. The van der Waals surface area contributed by atoms with Crippen LogP contribution in [-0.2, 0) is 0 Å². The van der Waals surface area contributed by atoms with E-state index in [2.05, 4.69) is 84.9 Å². The van der Waals surface area contributed by atoms with E-state index in [1.807, 2.05) is 121 Å². The zero-order valence-electron chi connectivity index (χ0n) is 33.7. The molecule has 0 saturated heterocycles. The summed E-state index contributed by atoms with van der Waals surface area (Å²) in [5.41, 5.74) is 11.1. The molecule has 0 radical (unpaired) electrons. The van der Waals surface area contributed by atoms with Gasteiger partial charge in [0.1, 0.15) is 11.2 Å². The fourth-order valence-electron chi connectivity index (χ4n) is 8.32. The third-order valence-electron chi connectivity index (χ3n) is 11.6. The van der Waals surface area contributed by atoms with E-state index >= 15 is 0 Å². The number of aromatic nitrogens is 6. The van der Waals surface area contributed by atoms with Crippen LogP contribution in [0, 0.1) is 0 Å². The van der Waals surface area contributed by atoms with Gasteiger partial charge in [0.05, 0.1) is 5.39 Å². The number of rotatable bonds is 7. The third kappa shape index (κ3) is 6.74. The zero-order chi connectivity index (χ0) is 41.7. The Kier molecular flexibility index (Phi) is 8.67. The number of benzene rings is 8. The van der Waals surface area contributed by atoms with Crippen LogP contribution >= 0.6 is 0 Å². The Balaban J connectivity index is 0.965. The minimum absolute atomic E-state index is 0.500. The molecule has 12 rings (SSSR count). The van der Waals surface area contributed by atoms with Gasteiger partial charge in [-0.1, -0.05) is 170 Å². The molecule has 4 heterocycles. The molecule has 0 bridgehead atoms. The van der Waals surface area contributed by atoms with Crippen LogP contribution in [0.4, 0.5) is 0 Å². The minimum atomic E-state index is 0.500. The molecule has 294 valence electrons. The lowest BCUT2D eigenvalue weighted by atomic mass is 9.99. The standard InChI is InChI=1S/C56H34N6O/c1-4-13-35(14-5-1)40-21-12-22-45(30-40)55-61-53(38-17-8-3-9-18-38)60-54(62-55)39-25-23-36(24-26-39)49-51-50(59-52(58-49)37-15-6-2-7-16-37)48-33-47(34-57-56(48)63-51)44-28-27-43-29-41-19-10-11-20-42(41)31-46(43)32-44/h1-34H. The highest BCUT2D eigenvalue weighted by Crippen LogP contribution is 2.38. The van der Waals surface area contributed by atoms with E-state index in [9.17, 15) is 0 Å². The molecular formula is C56H34N6O. The van der Waals surface area contributed by atoms with Crippen LogP contribution in [-0.4, -0.2) is 29.9 Å². The van der Waals surface area contributed by atoms with E-state index in [1.54, 1.807) is 0 Å². The molecule has 0 saturated carbocycles. The second-order valence-electron chi connectivity index (χ2n) is 15.6. The number of nitrogens with zero attached hydrogens (tertiary/aromatic N) is 6. The van der Waals surface area contributed by atoms with Crippen LogP contribution in [0.1, 0.15) is 0 Å². The normalized spacial score (nSPS) is 11.5. The van der Waals surface area contributed by atoms with Crippen molar-refractivity contribution in [3.63, 3.8) is 0 Å². The van der Waals surface area contributed by atoms with Gasteiger partial charge in [-0.25, -0.2) is 29.9 Å². The first-order chi connectivity index (χ1) is 31.2. The van der Waals surface area contributed by atoms with E-state index in [0.29, 0.717) is 45.8 Å². The van der Waals surface area contributed by atoms with Crippen molar-refractivity contribution >= 4 is 43.7 Å². The molecule has 12 aromatic rings. The van der Waals surface area contributed by atoms with Crippen molar-refractivity contribution in [3.05, 3.63) is 206 Å². The molecule has 0 fully saturated rings. The first-order valence-corrected chi connectivity index (χ1v) is 20.8. The monoisotopic (exact) mass is 806 g/mol. The van der Waals surface area contributed by atoms with E-state index in [4.69, 9.17) is 34.3 Å². The molecule has 7 nitrogen and oxygen atoms in total. The van der Waals surface area contributed by atoms with Crippen LogP contribution in [0.3, 0.4) is 0 Å². The largest absolute Gasteiger partial charge is 0.434 e. The van der Waals surface area contributed by atoms with E-state index in [0.717, 1.165) is 55.5 Å². The number of furan rings is 1. The van der Waals surface area contributed by atoms with Crippen molar-refractivity contribution in [3.8, 4) is 79.1 Å². The Hall–Kier alpha value is -8.68. The van der Waals surface area contributed by atoms with Gasteiger partial charge in [0.15, 0.2) is 28.9 Å². The summed E-state index contributed by atoms with van der Waals surface area (Å²) in [6.07, 6.45) is 1.87. The van der Waals surface area contributed by atoms with E-state index in [-0.39, 0.29) is 0 Å². The van der Waals surface area contributed by atoms with E-state index < -0.39 is 0 Å². The molecule has 0 unspecified atom stereocenters. The molecule has 0 spiro atoms. The van der Waals surface area contributed by atoms with Crippen LogP contribution in [0.25, 0.3) is 123 Å². The van der Waals surface area contributed by atoms with Gasteiger partial charge < -0.3 is 4.42 Å². The van der Waals surface area contributed by atoms with Gasteiger partial charge in [0.2, 0.25) is 5.71 Å². The predicted molar refractivity (Wildman–Crippen MR) is 254 cm³/mol. The SMILES string of the molecule is c1ccc(-c2cccc(-c3nc(-c4ccccc4)nc(-c4ccc(-c5nc(-c6ccccc6)nc6c5oc5ncc(-c7ccc8cc9ccccc9cc8c7)cc56)cc4)n3)c2)cc1. The van der Waals surface area contributed by atoms with E-state index in [1.165, 1.54) is 21.5 Å². The second-order valence-corrected chi connectivity index (χ2v) is 15.6. The first-order valence-electron chi connectivity index (χ1n) is 20.8. The van der Waals surface area contributed by atoms with Gasteiger partial charge in [-0.15, -0.1) is 0 Å². The Morgan fingerprint density at radius 2 is 0.794 bits per heavy atom. The lowest BCUT2D eigenvalue weighted by molar-refractivity contribution is 0.653. The van der Waals surface area contributed by atoms with Crippen molar-refractivity contribution in [2.75, 3.05) is 0 Å². The summed E-state index contributed by atoms with van der Waals surface area (Å²) in [4.78, 5) is 30.2. The van der Waals surface area contributed by atoms with Crippen LogP contribution in [0.2, 0.25) is 0 Å². The summed E-state index contributed by atoms with van der Waals surface area (Å²) in [6.45, 7) is 0. The summed E-state index contributed by atoms with van der Waals surface area (Å²) >= 11 is 0. The summed E-state index contributed by atoms with van der Waals surface area (Å²) < 4.78 is 6.55. The maximum atomic E-state index is 6.55. The summed E-state index contributed by atoms with van der Waals surface area (Å²) in [6, 6.07) is 68.5. The molecular weight excluding hydrogens is 773 g/mol. The molecule has 0 aliphatic carbocycles. The highest BCUT2D eigenvalue weighted by Gasteiger charge is 2.21. The molecule has 0 aliphatic heterocycles. The fourth-order valence-corrected chi connectivity index (χ4v) is 8.32. The molecule has 7 heteroatoms. The number of pyridine rings is 1. The lowest BCUT2D eigenvalue weighted by Crippen LogP contribution is -2.00. The van der Waals surface area contributed by atoms with Crippen molar-refractivity contribution in [1.82, 2.24) is 29.9 Å². The Bertz CT molecular complexity index is 3670. The number of hydrogen-bond donors (Lipinski definition) is 0. The highest BCUT2D eigenvalue weighted by atomic mass is 16.3. The molecule has 0 amide bonds. The van der Waals surface area contributed by atoms with Gasteiger partial charge in [-0.3, -0.25) is 0 Å². The highest BCUT2D eigenvalue weighted by molar-refractivity contribution is 6.07. The zero-order valence-corrected chi connectivity index (χ0v) is 33.7. The van der Waals surface area contributed by atoms with Gasteiger partial charge in [0.25, 0.3) is 0 Å². The number of hydrogen-bond acceptors (Lipinski definition) is 7. The van der Waals surface area contributed by atoms with Gasteiger partial charge in [0, 0.05) is 39.6 Å². The summed E-state index contributed by atoms with van der Waals surface area (Å²) in [5.74, 6) is 2.36. The van der Waals surface area contributed by atoms with Crippen LogP contribution in [0.5, 0.6) is 0 Å². The smallest absolute Gasteiger partial charge is 0.229 e. The Morgan fingerprint density at radius 3 is 1.48 bits per heavy atom. The molecule has 0 atom stereocenters. The first kappa shape index (κ1) is 36.2. The van der Waals surface area contributed by atoms with Crippen LogP contribution in [0.15, 0.2) is 211 Å². The van der Waals surface area contributed by atoms with Crippen molar-refractivity contribution < 1.29 is 4.42 Å². The predicted octanol–water partition coefficient (Wildman–Crippen LogP) is 13.9. The molecule has 0 aliphatic rings. The second kappa shape index (κ2) is 15.1. The summed E-state index contributed by atoms with van der Waals surface area (Å²) in [7, 11) is 0. The van der Waals surface area contributed by atoms with Crippen molar-refractivity contribution in [2.24, 2.45) is 0 Å². The average molecular weight is 807 g/mol. The van der Waals surface area contributed by atoms with Crippen LogP contribution < -0.4 is 0 Å². The number of fused-ring (bicyclic) bond motifs is 5. The maximum Gasteiger partial charge on any atom is 0.229 e. The van der Waals surface area contributed by atoms with Gasteiger partial charge >= 0.3 is 0 Å². The van der Waals surface area contributed by atoms with Gasteiger partial charge in [-0.05, 0) is 68.6 Å². The average Bonchev–Trinajstić information content (AvgIpc) is 3.74. The van der Waals surface area contributed by atoms with Crippen molar-refractivity contribution in [2.45, 2.75) is 0 Å². The Labute approximate surface area is 362 Å². The molecule has 8 aromatic carbocycles. The molecule has 4 aromatic heterocycles. The topological polar surface area (TPSA) is 90.5 Å².